The van der Waals surface area contributed by atoms with Gasteiger partial charge in [-0.25, -0.2) is 4.39 Å². The van der Waals surface area contributed by atoms with Gasteiger partial charge in [0.25, 0.3) is 5.91 Å². The highest BCUT2D eigenvalue weighted by atomic mass is 32.1. The first-order valence-corrected chi connectivity index (χ1v) is 11.1. The smallest absolute Gasteiger partial charge is 0.255 e. The number of carbonyl (C=O) groups is 2. The molecule has 1 aliphatic rings. The molecule has 1 atom stereocenters. The first-order valence-electron chi connectivity index (χ1n) is 10.2. The van der Waals surface area contributed by atoms with Gasteiger partial charge in [0.1, 0.15) is 12.4 Å². The van der Waals surface area contributed by atoms with E-state index in [1.807, 2.05) is 60.0 Å². The van der Waals surface area contributed by atoms with Crippen LogP contribution in [0.3, 0.4) is 0 Å². The van der Waals surface area contributed by atoms with E-state index in [4.69, 9.17) is 0 Å². The van der Waals surface area contributed by atoms with Crippen LogP contribution in [-0.2, 0) is 4.79 Å². The molecule has 1 aliphatic heterocycles. The van der Waals surface area contributed by atoms with Gasteiger partial charge in [0.15, 0.2) is 0 Å². The van der Waals surface area contributed by atoms with Crippen LogP contribution in [0.4, 0.5) is 10.1 Å². The number of thiophene rings is 1. The van der Waals surface area contributed by atoms with Crippen molar-refractivity contribution in [1.29, 1.82) is 0 Å². The maximum Gasteiger partial charge on any atom is 0.255 e. The average molecular weight is 443 g/mol. The summed E-state index contributed by atoms with van der Waals surface area (Å²) in [6.45, 7) is -0.127. The predicted molar refractivity (Wildman–Crippen MR) is 124 cm³/mol. The van der Waals surface area contributed by atoms with E-state index < -0.39 is 11.9 Å². The molecule has 1 N–H and O–H groups in total. The molecule has 4 aromatic rings. The minimum Gasteiger partial charge on any atom is -0.324 e. The summed E-state index contributed by atoms with van der Waals surface area (Å²) in [5.41, 5.74) is 3.61. The molecule has 0 saturated carbocycles. The van der Waals surface area contributed by atoms with Crippen molar-refractivity contribution in [2.45, 2.75) is 6.04 Å². The van der Waals surface area contributed by atoms with Crippen molar-refractivity contribution in [2.75, 3.05) is 11.9 Å². The predicted octanol–water partition coefficient (Wildman–Crippen LogP) is 5.74. The van der Waals surface area contributed by atoms with Gasteiger partial charge in [-0.2, -0.15) is 0 Å². The quantitative estimate of drug-likeness (QED) is 0.440. The van der Waals surface area contributed by atoms with Crippen molar-refractivity contribution in [3.05, 3.63) is 112 Å². The van der Waals surface area contributed by atoms with E-state index in [0.29, 0.717) is 16.8 Å². The number of carbonyl (C=O) groups excluding carboxylic acids is 2. The molecule has 5 rings (SSSR count). The highest BCUT2D eigenvalue weighted by Gasteiger charge is 2.34. The number of fused-ring (bicyclic) bond motifs is 1. The Morgan fingerprint density at radius 1 is 0.938 bits per heavy atom. The fraction of sp³-hybridized carbons (Fsp3) is 0.0769. The lowest BCUT2D eigenvalue weighted by Gasteiger charge is -2.29. The fourth-order valence-electron chi connectivity index (χ4n) is 4.02. The minimum atomic E-state index is -0.569. The zero-order valence-corrected chi connectivity index (χ0v) is 17.8. The molecule has 0 bridgehead atoms. The number of hydrogen-bond acceptors (Lipinski definition) is 3. The lowest BCUT2D eigenvalue weighted by molar-refractivity contribution is -0.117. The topological polar surface area (TPSA) is 49.4 Å². The van der Waals surface area contributed by atoms with Gasteiger partial charge in [0, 0.05) is 21.7 Å². The second kappa shape index (κ2) is 8.40. The summed E-state index contributed by atoms with van der Waals surface area (Å²) >= 11 is 1.47. The van der Waals surface area contributed by atoms with Gasteiger partial charge in [0.05, 0.1) is 6.04 Å². The fourth-order valence-corrected chi connectivity index (χ4v) is 4.88. The molecule has 2 amide bonds. The van der Waals surface area contributed by atoms with Gasteiger partial charge in [-0.15, -0.1) is 11.3 Å². The van der Waals surface area contributed by atoms with Crippen molar-refractivity contribution >= 4 is 28.8 Å². The van der Waals surface area contributed by atoms with Crippen LogP contribution in [0.25, 0.3) is 11.1 Å². The summed E-state index contributed by atoms with van der Waals surface area (Å²) in [4.78, 5) is 28.6. The van der Waals surface area contributed by atoms with Crippen molar-refractivity contribution in [1.82, 2.24) is 4.90 Å². The third-order valence-corrected chi connectivity index (χ3v) is 6.45. The first kappa shape index (κ1) is 20.2. The number of hydrogen-bond donors (Lipinski definition) is 1. The number of nitrogens with zero attached hydrogens (tertiary/aromatic N) is 1. The van der Waals surface area contributed by atoms with E-state index in [-0.39, 0.29) is 18.4 Å². The summed E-state index contributed by atoms with van der Waals surface area (Å²) in [6.07, 6.45) is 0. The zero-order valence-electron chi connectivity index (χ0n) is 17.0. The summed E-state index contributed by atoms with van der Waals surface area (Å²) in [5.74, 6) is -1.01. The van der Waals surface area contributed by atoms with E-state index in [0.717, 1.165) is 16.0 Å². The summed E-state index contributed by atoms with van der Waals surface area (Å²) < 4.78 is 14.2. The van der Waals surface area contributed by atoms with Gasteiger partial charge in [-0.1, -0.05) is 48.5 Å². The van der Waals surface area contributed by atoms with Crippen molar-refractivity contribution < 1.29 is 14.0 Å². The van der Waals surface area contributed by atoms with E-state index in [1.54, 1.807) is 18.2 Å². The largest absolute Gasteiger partial charge is 0.324 e. The number of rotatable bonds is 3. The van der Waals surface area contributed by atoms with Crippen LogP contribution in [0.2, 0.25) is 0 Å². The molecule has 158 valence electrons. The lowest BCUT2D eigenvalue weighted by Crippen LogP contribution is -2.38. The highest BCUT2D eigenvalue weighted by molar-refractivity contribution is 7.10. The molecule has 0 aliphatic carbocycles. The van der Waals surface area contributed by atoms with Crippen LogP contribution in [0.15, 0.2) is 90.3 Å². The summed E-state index contributed by atoms with van der Waals surface area (Å²) in [7, 11) is 0. The Labute approximate surface area is 188 Å². The minimum absolute atomic E-state index is 0.127. The molecule has 0 spiro atoms. The van der Waals surface area contributed by atoms with Crippen LogP contribution >= 0.6 is 11.3 Å². The molecule has 3 aromatic carbocycles. The van der Waals surface area contributed by atoms with Gasteiger partial charge in [-0.05, 0) is 52.9 Å². The Morgan fingerprint density at radius 3 is 2.41 bits per heavy atom. The summed E-state index contributed by atoms with van der Waals surface area (Å²) in [5, 5.41) is 4.72. The van der Waals surface area contributed by atoms with Gasteiger partial charge in [0.2, 0.25) is 5.91 Å². The monoisotopic (exact) mass is 442 g/mol. The van der Waals surface area contributed by atoms with E-state index in [1.165, 1.54) is 28.4 Å². The number of anilines is 1. The summed E-state index contributed by atoms with van der Waals surface area (Å²) in [6, 6.07) is 24.7. The van der Waals surface area contributed by atoms with Gasteiger partial charge in [-0.3, -0.25) is 9.59 Å². The molecule has 4 nitrogen and oxygen atoms in total. The standard InChI is InChI=1S/C26H19FN2O2S/c27-20-12-13-22-21(15-20)25(23-7-4-14-32-23)29(16-24(30)28-22)26(31)19-10-8-18(9-11-19)17-5-2-1-3-6-17/h1-15,25H,16H2,(H,28,30). The molecular weight excluding hydrogens is 423 g/mol. The number of benzene rings is 3. The van der Waals surface area contributed by atoms with Crippen LogP contribution in [0, 0.1) is 5.82 Å². The van der Waals surface area contributed by atoms with Gasteiger partial charge < -0.3 is 10.2 Å². The number of amides is 2. The van der Waals surface area contributed by atoms with E-state index >= 15 is 0 Å². The van der Waals surface area contributed by atoms with Gasteiger partial charge >= 0.3 is 0 Å². The average Bonchev–Trinajstić information content (AvgIpc) is 3.30. The Kier molecular flexibility index (Phi) is 5.29. The first-order chi connectivity index (χ1) is 15.6. The molecular formula is C26H19FN2O2S. The Balaban J connectivity index is 1.56. The zero-order chi connectivity index (χ0) is 22.1. The molecule has 0 saturated heterocycles. The highest BCUT2D eigenvalue weighted by Crippen LogP contribution is 2.38. The maximum atomic E-state index is 14.2. The number of halogens is 1. The van der Waals surface area contributed by atoms with Crippen LogP contribution in [-0.4, -0.2) is 23.3 Å². The lowest BCUT2D eigenvalue weighted by atomic mass is 10.00. The number of nitrogens with one attached hydrogen (secondary N) is 1. The van der Waals surface area contributed by atoms with E-state index in [2.05, 4.69) is 5.32 Å². The molecule has 32 heavy (non-hydrogen) atoms. The van der Waals surface area contributed by atoms with Crippen molar-refractivity contribution in [3.63, 3.8) is 0 Å². The molecule has 2 heterocycles. The van der Waals surface area contributed by atoms with Crippen LogP contribution in [0.1, 0.15) is 26.8 Å². The Hall–Kier alpha value is -3.77. The second-order valence-corrected chi connectivity index (χ2v) is 8.55. The van der Waals surface area contributed by atoms with Crippen molar-refractivity contribution in [2.24, 2.45) is 0 Å². The third kappa shape index (κ3) is 3.81. The maximum absolute atomic E-state index is 14.2. The van der Waals surface area contributed by atoms with Crippen LogP contribution < -0.4 is 5.32 Å². The normalized spacial score (nSPS) is 15.6. The second-order valence-electron chi connectivity index (χ2n) is 7.57. The third-order valence-electron chi connectivity index (χ3n) is 5.52. The Morgan fingerprint density at radius 2 is 1.69 bits per heavy atom. The molecule has 0 fully saturated rings. The molecule has 6 heteroatoms. The molecule has 1 unspecified atom stereocenters. The Bertz CT molecular complexity index is 1270. The van der Waals surface area contributed by atoms with E-state index in [9.17, 15) is 14.0 Å². The van der Waals surface area contributed by atoms with Crippen molar-refractivity contribution in [3.8, 4) is 11.1 Å². The SMILES string of the molecule is O=C1CN(C(=O)c2ccc(-c3ccccc3)cc2)C(c2cccs2)c2cc(F)ccc2N1. The van der Waals surface area contributed by atoms with Crippen LogP contribution in [0.5, 0.6) is 0 Å². The molecule has 0 radical (unpaired) electrons. The molecule has 1 aromatic heterocycles.